The molecule has 168 valence electrons. The second-order valence-electron chi connectivity index (χ2n) is 6.77. The maximum Gasteiger partial charge on any atom is 0.294 e. The minimum atomic E-state index is -0.559. The molecule has 0 bridgehead atoms. The second kappa shape index (κ2) is 9.61. The van der Waals surface area contributed by atoms with Crippen molar-refractivity contribution >= 4 is 33.4 Å². The normalized spacial score (nSPS) is 11.4. The van der Waals surface area contributed by atoms with Gasteiger partial charge in [-0.05, 0) is 66.1 Å². The predicted molar refractivity (Wildman–Crippen MR) is 124 cm³/mol. The van der Waals surface area contributed by atoms with Gasteiger partial charge in [-0.1, -0.05) is 33.3 Å². The highest BCUT2D eigenvalue weighted by molar-refractivity contribution is 9.10. The molecule has 0 spiro atoms. The molecular weight excluding hydrogens is 492 g/mol. The molecule has 3 N–H and O–H groups in total. The molecule has 0 saturated heterocycles. The molecular formula is C21H19BrN8O3. The first-order valence-electron chi connectivity index (χ1n) is 9.85. The smallest absolute Gasteiger partial charge is 0.294 e. The molecule has 0 atom stereocenters. The lowest BCUT2D eigenvalue weighted by atomic mass is 10.1. The molecule has 2 aromatic heterocycles. The van der Waals surface area contributed by atoms with Crippen molar-refractivity contribution in [2.24, 2.45) is 5.10 Å². The molecule has 33 heavy (non-hydrogen) atoms. The molecule has 0 aliphatic heterocycles. The van der Waals surface area contributed by atoms with Gasteiger partial charge in [-0.25, -0.2) is 10.1 Å². The minimum Gasteiger partial charge on any atom is -0.494 e. The average molecular weight is 511 g/mol. The fourth-order valence-electron chi connectivity index (χ4n) is 3.00. The van der Waals surface area contributed by atoms with E-state index < -0.39 is 5.91 Å². The van der Waals surface area contributed by atoms with E-state index in [0.29, 0.717) is 29.3 Å². The number of carbonyl (C=O) groups excluding carboxylic acids is 1. The van der Waals surface area contributed by atoms with Gasteiger partial charge in [0, 0.05) is 10.0 Å². The van der Waals surface area contributed by atoms with Gasteiger partial charge in [0.15, 0.2) is 5.69 Å². The number of nitrogen functional groups attached to an aromatic ring is 1. The highest BCUT2D eigenvalue weighted by Gasteiger charge is 2.25. The van der Waals surface area contributed by atoms with Crippen molar-refractivity contribution in [3.8, 4) is 22.8 Å². The third-order valence-electron chi connectivity index (χ3n) is 4.61. The zero-order valence-electron chi connectivity index (χ0n) is 17.7. The first kappa shape index (κ1) is 22.1. The Balaban J connectivity index is 1.69. The summed E-state index contributed by atoms with van der Waals surface area (Å²) in [6.07, 6.45) is 0. The number of hydrogen-bond donors (Lipinski definition) is 2. The maximum absolute atomic E-state index is 13.0. The van der Waals surface area contributed by atoms with Crippen LogP contribution in [0.4, 0.5) is 5.82 Å². The van der Waals surface area contributed by atoms with E-state index in [2.05, 4.69) is 51.7 Å². The number of hydrogen-bond acceptors (Lipinski definition) is 9. The van der Waals surface area contributed by atoms with Gasteiger partial charge < -0.3 is 10.5 Å². The van der Waals surface area contributed by atoms with Crippen LogP contribution in [0.3, 0.4) is 0 Å². The molecule has 0 fully saturated rings. The van der Waals surface area contributed by atoms with E-state index in [9.17, 15) is 4.79 Å². The predicted octanol–water partition coefficient (Wildman–Crippen LogP) is 3.21. The number of carbonyl (C=O) groups is 1. The Kier molecular flexibility index (Phi) is 6.45. The number of nitrogens with two attached hydrogens (primary N) is 1. The molecule has 2 aromatic carbocycles. The number of benzene rings is 2. The van der Waals surface area contributed by atoms with Crippen molar-refractivity contribution in [1.82, 2.24) is 30.7 Å². The van der Waals surface area contributed by atoms with Gasteiger partial charge in [0.25, 0.3) is 5.91 Å². The quantitative estimate of drug-likeness (QED) is 0.284. The van der Waals surface area contributed by atoms with Gasteiger partial charge in [-0.2, -0.15) is 9.78 Å². The van der Waals surface area contributed by atoms with E-state index in [0.717, 1.165) is 10.0 Å². The van der Waals surface area contributed by atoms with E-state index in [1.54, 1.807) is 31.2 Å². The molecule has 2 heterocycles. The van der Waals surface area contributed by atoms with Crippen molar-refractivity contribution in [1.29, 1.82) is 0 Å². The fourth-order valence-corrected chi connectivity index (χ4v) is 3.26. The van der Waals surface area contributed by atoms with Crippen LogP contribution in [0.25, 0.3) is 17.1 Å². The van der Waals surface area contributed by atoms with E-state index in [1.807, 2.05) is 31.2 Å². The van der Waals surface area contributed by atoms with Crippen molar-refractivity contribution < 1.29 is 14.2 Å². The monoisotopic (exact) mass is 510 g/mol. The SMILES string of the molecule is CCOc1ccc(-c2c(C(=O)N/N=C(/C)c3ccc(Br)cc3)nnn2-c2nonc2N)cc1. The fraction of sp³-hybridized carbons (Fsp3) is 0.143. The molecule has 11 nitrogen and oxygen atoms in total. The third-order valence-corrected chi connectivity index (χ3v) is 5.14. The highest BCUT2D eigenvalue weighted by Crippen LogP contribution is 2.28. The molecule has 4 rings (SSSR count). The Hall–Kier alpha value is -4.06. The zero-order chi connectivity index (χ0) is 23.4. The van der Waals surface area contributed by atoms with Gasteiger partial charge in [-0.15, -0.1) is 5.10 Å². The standard InChI is InChI=1S/C21H19BrN8O3/c1-3-32-16-10-6-14(7-11-16)18-17(25-29-30(18)20-19(23)27-33-28-20)21(31)26-24-12(2)13-4-8-15(22)9-5-13/h4-11H,3H2,1-2H3,(H2,23,27)(H,26,31)/b24-12-. The zero-order valence-corrected chi connectivity index (χ0v) is 19.3. The van der Waals surface area contributed by atoms with Crippen LogP contribution in [0.2, 0.25) is 0 Å². The summed E-state index contributed by atoms with van der Waals surface area (Å²) in [6.45, 7) is 4.21. The summed E-state index contributed by atoms with van der Waals surface area (Å²) in [5.41, 5.74) is 10.8. The van der Waals surface area contributed by atoms with Crippen molar-refractivity contribution in [3.63, 3.8) is 0 Å². The molecule has 1 amide bonds. The lowest BCUT2D eigenvalue weighted by Crippen LogP contribution is -2.21. The molecule has 4 aromatic rings. The molecule has 0 aliphatic carbocycles. The van der Waals surface area contributed by atoms with Crippen LogP contribution in [0.1, 0.15) is 29.9 Å². The Bertz CT molecular complexity index is 1300. The number of rotatable bonds is 7. The molecule has 12 heteroatoms. The topological polar surface area (TPSA) is 146 Å². The average Bonchev–Trinajstić information content (AvgIpc) is 3.44. The van der Waals surface area contributed by atoms with Gasteiger partial charge in [0.2, 0.25) is 11.6 Å². The van der Waals surface area contributed by atoms with Crippen molar-refractivity contribution in [2.45, 2.75) is 13.8 Å². The van der Waals surface area contributed by atoms with Gasteiger partial charge in [0.1, 0.15) is 11.4 Å². The minimum absolute atomic E-state index is 0.00292. The van der Waals surface area contributed by atoms with Gasteiger partial charge in [0.05, 0.1) is 12.3 Å². The lowest BCUT2D eigenvalue weighted by Gasteiger charge is -2.08. The number of nitrogens with one attached hydrogen (secondary N) is 1. The highest BCUT2D eigenvalue weighted by atomic mass is 79.9. The Morgan fingerprint density at radius 1 is 1.18 bits per heavy atom. The second-order valence-corrected chi connectivity index (χ2v) is 7.69. The van der Waals surface area contributed by atoms with Gasteiger partial charge >= 0.3 is 0 Å². The number of hydrazone groups is 1. The van der Waals surface area contributed by atoms with Crippen LogP contribution in [0.15, 0.2) is 62.7 Å². The van der Waals surface area contributed by atoms with Crippen LogP contribution in [0, 0.1) is 0 Å². The van der Waals surface area contributed by atoms with Crippen molar-refractivity contribution in [2.75, 3.05) is 12.3 Å². The third kappa shape index (κ3) is 4.75. The van der Waals surface area contributed by atoms with Crippen LogP contribution < -0.4 is 15.9 Å². The van der Waals surface area contributed by atoms with E-state index in [-0.39, 0.29) is 17.3 Å². The van der Waals surface area contributed by atoms with Crippen LogP contribution in [-0.2, 0) is 0 Å². The van der Waals surface area contributed by atoms with E-state index in [4.69, 9.17) is 10.5 Å². The summed E-state index contributed by atoms with van der Waals surface area (Å²) >= 11 is 3.39. The molecule has 0 radical (unpaired) electrons. The Morgan fingerprint density at radius 2 is 1.91 bits per heavy atom. The lowest BCUT2D eigenvalue weighted by molar-refractivity contribution is 0.0950. The Labute approximate surface area is 196 Å². The van der Waals surface area contributed by atoms with Crippen LogP contribution in [-0.4, -0.2) is 43.5 Å². The maximum atomic E-state index is 13.0. The summed E-state index contributed by atoms with van der Waals surface area (Å²) in [6, 6.07) is 14.7. The van der Waals surface area contributed by atoms with Crippen LogP contribution >= 0.6 is 15.9 Å². The Morgan fingerprint density at radius 3 is 2.55 bits per heavy atom. The van der Waals surface area contributed by atoms with Gasteiger partial charge in [-0.3, -0.25) is 4.79 Å². The van der Waals surface area contributed by atoms with Crippen molar-refractivity contribution in [3.05, 3.63) is 64.3 Å². The summed E-state index contributed by atoms with van der Waals surface area (Å²) in [4.78, 5) is 13.0. The molecule has 0 unspecified atom stereocenters. The first-order chi connectivity index (χ1) is 16.0. The number of halogens is 1. The first-order valence-corrected chi connectivity index (χ1v) is 10.6. The summed E-state index contributed by atoms with van der Waals surface area (Å²) < 4.78 is 12.4. The number of aromatic nitrogens is 5. The number of ether oxygens (including phenoxy) is 1. The molecule has 0 saturated carbocycles. The largest absolute Gasteiger partial charge is 0.494 e. The van der Waals surface area contributed by atoms with Crippen LogP contribution in [0.5, 0.6) is 5.75 Å². The molecule has 0 aliphatic rings. The number of amides is 1. The number of nitrogens with zero attached hydrogens (tertiary/aromatic N) is 6. The van der Waals surface area contributed by atoms with E-state index >= 15 is 0 Å². The summed E-state index contributed by atoms with van der Waals surface area (Å²) in [5.74, 6) is 0.239. The summed E-state index contributed by atoms with van der Waals surface area (Å²) in [5, 5.41) is 19.6. The number of anilines is 1. The van der Waals surface area contributed by atoms with E-state index in [1.165, 1.54) is 4.68 Å². The summed E-state index contributed by atoms with van der Waals surface area (Å²) in [7, 11) is 0.